The number of esters is 1. The zero-order chi connectivity index (χ0) is 20.3. The fourth-order valence-electron chi connectivity index (χ4n) is 2.64. The quantitative estimate of drug-likeness (QED) is 0.598. The minimum Gasteiger partial charge on any atom is -0.477 e. The van der Waals surface area contributed by atoms with E-state index < -0.39 is 12.1 Å². The number of hydrogen-bond donors (Lipinski definition) is 0. The maximum Gasteiger partial charge on any atom is 0.346 e. The van der Waals surface area contributed by atoms with Crippen LogP contribution in [-0.2, 0) is 23.0 Å². The standard InChI is InChI=1S/C19H24Cl2N2O4/c1-10(2)7-13-11(3)22-23(5)18(13)27-17-9-16(14(20)8-15(17)21)26-12(4)19(24)25-6/h8-10,12H,7H2,1-6H3/t12-/m0/s1. The van der Waals surface area contributed by atoms with Crippen molar-refractivity contribution >= 4 is 29.2 Å². The molecule has 0 N–H and O–H groups in total. The van der Waals surface area contributed by atoms with Crippen LogP contribution in [0.1, 0.15) is 32.0 Å². The second-order valence-corrected chi connectivity index (χ2v) is 7.50. The van der Waals surface area contributed by atoms with Gasteiger partial charge < -0.3 is 14.2 Å². The van der Waals surface area contributed by atoms with Crippen molar-refractivity contribution in [2.24, 2.45) is 13.0 Å². The molecule has 1 aromatic carbocycles. The van der Waals surface area contributed by atoms with E-state index in [2.05, 4.69) is 23.7 Å². The van der Waals surface area contributed by atoms with Crippen LogP contribution >= 0.6 is 23.2 Å². The molecule has 1 aromatic heterocycles. The van der Waals surface area contributed by atoms with Gasteiger partial charge in [0.15, 0.2) is 11.9 Å². The average Bonchev–Trinajstić information content (AvgIpc) is 2.84. The maximum atomic E-state index is 11.6. The largest absolute Gasteiger partial charge is 0.477 e. The van der Waals surface area contributed by atoms with Crippen molar-refractivity contribution in [3.8, 4) is 17.4 Å². The lowest BCUT2D eigenvalue weighted by Gasteiger charge is -2.16. The number of nitrogens with zero attached hydrogens (tertiary/aromatic N) is 2. The molecule has 2 aromatic rings. The lowest BCUT2D eigenvalue weighted by Crippen LogP contribution is -2.25. The number of benzene rings is 1. The number of aromatic nitrogens is 2. The zero-order valence-electron chi connectivity index (χ0n) is 16.3. The Morgan fingerprint density at radius 2 is 1.81 bits per heavy atom. The SMILES string of the molecule is COC(=O)[C@H](C)Oc1cc(Oc2c(CC(C)C)c(C)nn2C)c(Cl)cc1Cl. The molecule has 8 heteroatoms. The Morgan fingerprint density at radius 3 is 2.41 bits per heavy atom. The Balaban J connectivity index is 2.37. The normalized spacial score (nSPS) is 12.2. The molecule has 6 nitrogen and oxygen atoms in total. The first-order valence-electron chi connectivity index (χ1n) is 8.57. The molecule has 0 amide bonds. The summed E-state index contributed by atoms with van der Waals surface area (Å²) in [6.45, 7) is 7.78. The van der Waals surface area contributed by atoms with E-state index in [9.17, 15) is 4.79 Å². The molecule has 1 heterocycles. The molecule has 0 aliphatic carbocycles. The monoisotopic (exact) mass is 414 g/mol. The Kier molecular flexibility index (Phi) is 7.00. The van der Waals surface area contributed by atoms with Crippen LogP contribution in [0.25, 0.3) is 0 Å². The number of hydrogen-bond acceptors (Lipinski definition) is 5. The topological polar surface area (TPSA) is 62.6 Å². The van der Waals surface area contributed by atoms with E-state index >= 15 is 0 Å². The highest BCUT2D eigenvalue weighted by Crippen LogP contribution is 2.39. The van der Waals surface area contributed by atoms with Gasteiger partial charge in [-0.2, -0.15) is 5.10 Å². The van der Waals surface area contributed by atoms with Gasteiger partial charge in [0.05, 0.1) is 22.8 Å². The first-order valence-corrected chi connectivity index (χ1v) is 9.33. The average molecular weight is 415 g/mol. The molecule has 0 bridgehead atoms. The molecule has 148 valence electrons. The van der Waals surface area contributed by atoms with Crippen molar-refractivity contribution in [1.29, 1.82) is 0 Å². The summed E-state index contributed by atoms with van der Waals surface area (Å²) >= 11 is 12.5. The van der Waals surface area contributed by atoms with Crippen LogP contribution in [0.5, 0.6) is 17.4 Å². The number of aryl methyl sites for hydroxylation is 2. The summed E-state index contributed by atoms with van der Waals surface area (Å²) in [4.78, 5) is 11.6. The van der Waals surface area contributed by atoms with E-state index in [0.717, 1.165) is 17.7 Å². The van der Waals surface area contributed by atoms with E-state index in [1.54, 1.807) is 17.7 Å². The summed E-state index contributed by atoms with van der Waals surface area (Å²) in [5.74, 6) is 1.18. The molecule has 0 aliphatic heterocycles. The van der Waals surface area contributed by atoms with Crippen LogP contribution in [0.2, 0.25) is 10.0 Å². The van der Waals surface area contributed by atoms with Crippen LogP contribution in [0, 0.1) is 12.8 Å². The van der Waals surface area contributed by atoms with Gasteiger partial charge in [-0.15, -0.1) is 0 Å². The van der Waals surface area contributed by atoms with E-state index in [-0.39, 0.29) is 10.8 Å². The van der Waals surface area contributed by atoms with E-state index in [1.807, 2.05) is 14.0 Å². The number of rotatable bonds is 7. The van der Waals surface area contributed by atoms with Crippen molar-refractivity contribution in [2.45, 2.75) is 40.2 Å². The van der Waals surface area contributed by atoms with Crippen LogP contribution in [0.3, 0.4) is 0 Å². The third kappa shape index (κ3) is 5.08. The van der Waals surface area contributed by atoms with Gasteiger partial charge in [0.2, 0.25) is 5.88 Å². The van der Waals surface area contributed by atoms with E-state index in [1.165, 1.54) is 13.2 Å². The molecule has 27 heavy (non-hydrogen) atoms. The van der Waals surface area contributed by atoms with Crippen LogP contribution in [-0.4, -0.2) is 29.0 Å². The second-order valence-electron chi connectivity index (χ2n) is 6.69. The zero-order valence-corrected chi connectivity index (χ0v) is 17.8. The first kappa shape index (κ1) is 21.4. The second kappa shape index (κ2) is 8.85. The van der Waals surface area contributed by atoms with Gasteiger partial charge in [-0.3, -0.25) is 0 Å². The van der Waals surface area contributed by atoms with Gasteiger partial charge in [0, 0.05) is 18.7 Å². The third-order valence-electron chi connectivity index (χ3n) is 3.93. The van der Waals surface area contributed by atoms with Crippen LogP contribution < -0.4 is 9.47 Å². The van der Waals surface area contributed by atoms with Crippen molar-refractivity contribution in [2.75, 3.05) is 7.11 Å². The molecule has 0 spiro atoms. The molecule has 0 radical (unpaired) electrons. The Hall–Kier alpha value is -1.92. The number of methoxy groups -OCH3 is 1. The smallest absolute Gasteiger partial charge is 0.346 e. The number of carbonyl (C=O) groups excluding carboxylic acids is 1. The number of halogens is 2. The Labute approximate surface area is 169 Å². The molecule has 0 saturated heterocycles. The Morgan fingerprint density at radius 1 is 1.19 bits per heavy atom. The minimum absolute atomic E-state index is 0.270. The van der Waals surface area contributed by atoms with Gasteiger partial charge in [-0.05, 0) is 32.3 Å². The molecule has 1 atom stereocenters. The van der Waals surface area contributed by atoms with Gasteiger partial charge in [0.25, 0.3) is 0 Å². The number of carbonyl (C=O) groups is 1. The molecule has 2 rings (SSSR count). The summed E-state index contributed by atoms with van der Waals surface area (Å²) in [6.07, 6.45) is 0.000123. The van der Waals surface area contributed by atoms with Crippen molar-refractivity contribution < 1.29 is 19.0 Å². The molecule has 0 fully saturated rings. The van der Waals surface area contributed by atoms with Crippen molar-refractivity contribution in [3.63, 3.8) is 0 Å². The Bertz CT molecular complexity index is 834. The highest BCUT2D eigenvalue weighted by Gasteiger charge is 2.21. The molecule has 0 saturated carbocycles. The molecular formula is C19H24Cl2N2O4. The summed E-state index contributed by atoms with van der Waals surface area (Å²) in [5.41, 5.74) is 1.92. The van der Waals surface area contributed by atoms with Gasteiger partial charge in [-0.25, -0.2) is 9.48 Å². The van der Waals surface area contributed by atoms with Crippen LogP contribution in [0.4, 0.5) is 0 Å². The van der Waals surface area contributed by atoms with E-state index in [0.29, 0.717) is 22.6 Å². The van der Waals surface area contributed by atoms with Gasteiger partial charge in [0.1, 0.15) is 5.75 Å². The summed E-state index contributed by atoms with van der Waals surface area (Å²) in [6, 6.07) is 3.08. The fourth-order valence-corrected chi connectivity index (χ4v) is 3.11. The predicted octanol–water partition coefficient (Wildman–Crippen LogP) is 4.97. The molecular weight excluding hydrogens is 391 g/mol. The maximum absolute atomic E-state index is 11.6. The fraction of sp³-hybridized carbons (Fsp3) is 0.474. The molecule has 0 unspecified atom stereocenters. The highest BCUT2D eigenvalue weighted by atomic mass is 35.5. The number of ether oxygens (including phenoxy) is 3. The molecule has 0 aliphatic rings. The summed E-state index contributed by atoms with van der Waals surface area (Å²) < 4.78 is 18.0. The van der Waals surface area contributed by atoms with Gasteiger partial charge >= 0.3 is 5.97 Å². The predicted molar refractivity (Wildman–Crippen MR) is 105 cm³/mol. The highest BCUT2D eigenvalue weighted by molar-refractivity contribution is 6.36. The van der Waals surface area contributed by atoms with Crippen molar-refractivity contribution in [1.82, 2.24) is 9.78 Å². The van der Waals surface area contributed by atoms with Crippen LogP contribution in [0.15, 0.2) is 12.1 Å². The lowest BCUT2D eigenvalue weighted by molar-refractivity contribution is -0.147. The first-order chi connectivity index (χ1) is 12.6. The minimum atomic E-state index is -0.822. The summed E-state index contributed by atoms with van der Waals surface area (Å²) in [7, 11) is 3.11. The summed E-state index contributed by atoms with van der Waals surface area (Å²) in [5, 5.41) is 5.04. The van der Waals surface area contributed by atoms with Gasteiger partial charge in [-0.1, -0.05) is 37.0 Å². The third-order valence-corrected chi connectivity index (χ3v) is 4.52. The lowest BCUT2D eigenvalue weighted by atomic mass is 10.0. The van der Waals surface area contributed by atoms with E-state index in [4.69, 9.17) is 32.7 Å². The van der Waals surface area contributed by atoms with Crippen molar-refractivity contribution in [3.05, 3.63) is 33.4 Å².